The van der Waals surface area contributed by atoms with Crippen molar-refractivity contribution in [2.24, 2.45) is 0 Å². The highest BCUT2D eigenvalue weighted by Crippen LogP contribution is 2.24. The fourth-order valence-electron chi connectivity index (χ4n) is 2.06. The number of hydrogen-bond donors (Lipinski definition) is 1. The number of pyridine rings is 1. The van der Waals surface area contributed by atoms with Crippen LogP contribution in [0.1, 0.15) is 4.88 Å². The summed E-state index contributed by atoms with van der Waals surface area (Å²) in [5.41, 5.74) is 7.85. The average Bonchev–Trinajstić information content (AvgIpc) is 3.05. The van der Waals surface area contributed by atoms with E-state index in [1.54, 1.807) is 17.5 Å². The van der Waals surface area contributed by atoms with Gasteiger partial charge in [-0.2, -0.15) is 0 Å². The zero-order chi connectivity index (χ0) is 13.9. The molecule has 0 radical (unpaired) electrons. The molecule has 0 bridgehead atoms. The van der Waals surface area contributed by atoms with Gasteiger partial charge in [-0.25, -0.2) is 9.97 Å². The Morgan fingerprint density at radius 1 is 1.30 bits per heavy atom. The number of rotatable bonds is 4. The number of nitrogens with zero attached hydrogens (tertiary/aromatic N) is 3. The Balaban J connectivity index is 1.80. The van der Waals surface area contributed by atoms with E-state index in [1.807, 2.05) is 24.7 Å². The van der Waals surface area contributed by atoms with Crippen LogP contribution in [0.25, 0.3) is 11.3 Å². The van der Waals surface area contributed by atoms with Crippen molar-refractivity contribution >= 4 is 33.1 Å². The van der Waals surface area contributed by atoms with Crippen LogP contribution in [-0.4, -0.2) is 14.5 Å². The van der Waals surface area contributed by atoms with E-state index in [0.29, 0.717) is 5.82 Å². The van der Waals surface area contributed by atoms with Gasteiger partial charge in [0, 0.05) is 23.2 Å². The molecule has 4 nitrogen and oxygen atoms in total. The van der Waals surface area contributed by atoms with Crippen molar-refractivity contribution in [1.29, 1.82) is 0 Å². The average molecular weight is 349 g/mol. The second-order valence-electron chi connectivity index (χ2n) is 4.40. The van der Waals surface area contributed by atoms with Crippen molar-refractivity contribution in [2.45, 2.75) is 13.0 Å². The molecule has 3 heterocycles. The summed E-state index contributed by atoms with van der Waals surface area (Å²) in [6.45, 7) is 0.893. The van der Waals surface area contributed by atoms with Crippen molar-refractivity contribution in [3.8, 4) is 11.3 Å². The first-order valence-electron chi connectivity index (χ1n) is 6.18. The van der Waals surface area contributed by atoms with E-state index in [4.69, 9.17) is 5.73 Å². The van der Waals surface area contributed by atoms with E-state index in [9.17, 15) is 0 Å². The topological polar surface area (TPSA) is 56.7 Å². The molecule has 0 unspecified atom stereocenters. The van der Waals surface area contributed by atoms with Gasteiger partial charge in [-0.1, -0.05) is 0 Å². The first-order chi connectivity index (χ1) is 9.72. The van der Waals surface area contributed by atoms with Crippen LogP contribution in [0.2, 0.25) is 0 Å². The smallest absolute Gasteiger partial charge is 0.123 e. The number of nitrogen functional groups attached to an aromatic ring is 1. The van der Waals surface area contributed by atoms with Gasteiger partial charge in [-0.3, -0.25) is 0 Å². The molecule has 0 saturated heterocycles. The molecule has 0 aromatic carbocycles. The summed E-state index contributed by atoms with van der Waals surface area (Å²) in [6.07, 6.45) is 6.42. The van der Waals surface area contributed by atoms with E-state index in [2.05, 4.69) is 42.6 Å². The van der Waals surface area contributed by atoms with Crippen LogP contribution < -0.4 is 5.73 Å². The second-order valence-corrected chi connectivity index (χ2v) is 6.95. The van der Waals surface area contributed by atoms with Crippen LogP contribution in [0.15, 0.2) is 46.8 Å². The second kappa shape index (κ2) is 5.76. The molecule has 102 valence electrons. The Labute approximate surface area is 129 Å². The molecule has 6 heteroatoms. The third kappa shape index (κ3) is 2.91. The van der Waals surface area contributed by atoms with Crippen LogP contribution in [-0.2, 0) is 13.0 Å². The third-order valence-electron chi connectivity index (χ3n) is 3.02. The predicted molar refractivity (Wildman–Crippen MR) is 85.6 cm³/mol. The maximum absolute atomic E-state index is 5.74. The van der Waals surface area contributed by atoms with Crippen LogP contribution in [0, 0.1) is 0 Å². The summed E-state index contributed by atoms with van der Waals surface area (Å²) >= 11 is 5.26. The molecular formula is C14H13BrN4S. The molecule has 20 heavy (non-hydrogen) atoms. The summed E-state index contributed by atoms with van der Waals surface area (Å²) in [6, 6.07) is 8.05. The molecule has 0 atom stereocenters. The van der Waals surface area contributed by atoms with Crippen molar-refractivity contribution in [3.63, 3.8) is 0 Å². The highest BCUT2D eigenvalue weighted by Gasteiger charge is 2.06. The fraction of sp³-hybridized carbons (Fsp3) is 0.143. The lowest BCUT2D eigenvalue weighted by atomic mass is 10.2. The van der Waals surface area contributed by atoms with Crippen molar-refractivity contribution in [3.05, 3.63) is 51.7 Å². The van der Waals surface area contributed by atoms with Gasteiger partial charge in [0.15, 0.2) is 0 Å². The van der Waals surface area contributed by atoms with Gasteiger partial charge in [0.1, 0.15) is 5.82 Å². The van der Waals surface area contributed by atoms with Crippen LogP contribution >= 0.6 is 27.3 Å². The molecule has 3 aromatic rings. The van der Waals surface area contributed by atoms with Crippen molar-refractivity contribution < 1.29 is 0 Å². The monoisotopic (exact) mass is 348 g/mol. The molecule has 3 rings (SSSR count). The van der Waals surface area contributed by atoms with Gasteiger partial charge < -0.3 is 10.3 Å². The van der Waals surface area contributed by atoms with Crippen LogP contribution in [0.4, 0.5) is 5.82 Å². The van der Waals surface area contributed by atoms with Crippen molar-refractivity contribution in [1.82, 2.24) is 14.5 Å². The SMILES string of the molecule is Nc1cc(-c2cncn2CCc2ccc(Br)s2)ccn1. The molecule has 2 N–H and O–H groups in total. The number of imidazole rings is 1. The minimum absolute atomic E-state index is 0.525. The molecule has 0 aliphatic carbocycles. The Kier molecular flexibility index (Phi) is 3.84. The molecular weight excluding hydrogens is 336 g/mol. The number of aromatic nitrogens is 3. The number of anilines is 1. The molecule has 0 aliphatic heterocycles. The molecule has 3 aromatic heterocycles. The molecule has 0 aliphatic rings. The van der Waals surface area contributed by atoms with Gasteiger partial charge in [0.2, 0.25) is 0 Å². The van der Waals surface area contributed by atoms with E-state index in [0.717, 1.165) is 24.2 Å². The third-order valence-corrected chi connectivity index (χ3v) is 4.70. The van der Waals surface area contributed by atoms with E-state index in [1.165, 1.54) is 8.66 Å². The number of thiophene rings is 1. The van der Waals surface area contributed by atoms with Crippen molar-refractivity contribution in [2.75, 3.05) is 5.73 Å². The lowest BCUT2D eigenvalue weighted by molar-refractivity contribution is 0.707. The van der Waals surface area contributed by atoms with E-state index in [-0.39, 0.29) is 0 Å². The number of aryl methyl sites for hydroxylation is 2. The summed E-state index contributed by atoms with van der Waals surface area (Å²) in [5.74, 6) is 0.525. The van der Waals surface area contributed by atoms with Gasteiger partial charge in [-0.05, 0) is 46.6 Å². The minimum atomic E-state index is 0.525. The quantitative estimate of drug-likeness (QED) is 0.783. The van der Waals surface area contributed by atoms with Crippen LogP contribution in [0.5, 0.6) is 0 Å². The van der Waals surface area contributed by atoms with Gasteiger partial charge in [0.25, 0.3) is 0 Å². The highest BCUT2D eigenvalue weighted by molar-refractivity contribution is 9.11. The maximum atomic E-state index is 5.74. The van der Waals surface area contributed by atoms with Gasteiger partial charge >= 0.3 is 0 Å². The molecule has 0 fully saturated rings. The Morgan fingerprint density at radius 3 is 2.95 bits per heavy atom. The summed E-state index contributed by atoms with van der Waals surface area (Å²) < 4.78 is 3.31. The molecule has 0 saturated carbocycles. The summed E-state index contributed by atoms with van der Waals surface area (Å²) in [5, 5.41) is 0. The molecule has 0 spiro atoms. The summed E-state index contributed by atoms with van der Waals surface area (Å²) in [7, 11) is 0. The number of nitrogens with two attached hydrogens (primary N) is 1. The minimum Gasteiger partial charge on any atom is -0.384 e. The Morgan fingerprint density at radius 2 is 2.20 bits per heavy atom. The fourth-order valence-corrected chi connectivity index (χ4v) is 3.54. The van der Waals surface area contributed by atoms with Crippen LogP contribution in [0.3, 0.4) is 0 Å². The summed E-state index contributed by atoms with van der Waals surface area (Å²) in [4.78, 5) is 9.61. The largest absolute Gasteiger partial charge is 0.384 e. The molecule has 0 amide bonds. The first kappa shape index (κ1) is 13.3. The first-order valence-corrected chi connectivity index (χ1v) is 7.79. The Bertz CT molecular complexity index is 719. The highest BCUT2D eigenvalue weighted by atomic mass is 79.9. The van der Waals surface area contributed by atoms with Gasteiger partial charge in [-0.15, -0.1) is 11.3 Å². The predicted octanol–water partition coefficient (Wildman–Crippen LogP) is 3.59. The zero-order valence-corrected chi connectivity index (χ0v) is 13.1. The number of halogens is 1. The zero-order valence-electron chi connectivity index (χ0n) is 10.7. The maximum Gasteiger partial charge on any atom is 0.123 e. The lowest BCUT2D eigenvalue weighted by Gasteiger charge is -2.07. The Hall–Kier alpha value is -1.66. The lowest BCUT2D eigenvalue weighted by Crippen LogP contribution is -2.01. The normalized spacial score (nSPS) is 10.8. The van der Waals surface area contributed by atoms with Gasteiger partial charge in [0.05, 0.1) is 22.0 Å². The standard InChI is InChI=1S/C14H13BrN4S/c15-13-2-1-11(20-13)4-6-19-9-17-8-12(19)10-3-5-18-14(16)7-10/h1-3,5,7-9H,4,6H2,(H2,16,18). The van der Waals surface area contributed by atoms with E-state index >= 15 is 0 Å². The number of hydrogen-bond acceptors (Lipinski definition) is 4. The van der Waals surface area contributed by atoms with E-state index < -0.39 is 0 Å².